The second-order valence-corrected chi connectivity index (χ2v) is 4.56. The molecule has 86 valence electrons. The van der Waals surface area contributed by atoms with Gasteiger partial charge in [0.1, 0.15) is 0 Å². The van der Waals surface area contributed by atoms with E-state index < -0.39 is 0 Å². The number of nitrogens with zero attached hydrogens (tertiary/aromatic N) is 1. The molecule has 0 radical (unpaired) electrons. The smallest absolute Gasteiger partial charge is 0.0955 e. The zero-order valence-corrected chi connectivity index (χ0v) is 10.4. The summed E-state index contributed by atoms with van der Waals surface area (Å²) < 4.78 is 0.974. The maximum absolute atomic E-state index is 5.59. The lowest BCUT2D eigenvalue weighted by atomic mass is 10.3. The van der Waals surface area contributed by atoms with Crippen LogP contribution in [0.1, 0.15) is 0 Å². The van der Waals surface area contributed by atoms with E-state index >= 15 is 0 Å². The molecule has 0 aromatic heterocycles. The van der Waals surface area contributed by atoms with Crippen molar-refractivity contribution in [2.24, 2.45) is 0 Å². The lowest BCUT2D eigenvalue weighted by Crippen LogP contribution is -3.00. The number of rotatable bonds is 4. The number of hydrogen-bond donors (Lipinski definition) is 2. The minimum atomic E-state index is 0. The molecule has 3 N–H and O–H groups in total. The quantitative estimate of drug-likeness (QED) is 0.482. The third-order valence-corrected chi connectivity index (χ3v) is 2.02. The summed E-state index contributed by atoms with van der Waals surface area (Å²) in [4.78, 5) is 0. The van der Waals surface area contributed by atoms with Crippen molar-refractivity contribution < 1.29 is 16.9 Å². The molecule has 0 saturated heterocycles. The Bertz CT molecular complexity index is 277. The lowest BCUT2D eigenvalue weighted by molar-refractivity contribution is -0.868. The van der Waals surface area contributed by atoms with Gasteiger partial charge in [-0.05, 0) is 24.3 Å². The van der Waals surface area contributed by atoms with E-state index in [4.69, 9.17) is 5.73 Å². The fourth-order valence-corrected chi connectivity index (χ4v) is 1.14. The number of halogens is 1. The van der Waals surface area contributed by atoms with Crippen LogP contribution in [-0.4, -0.2) is 38.7 Å². The average Bonchev–Trinajstić information content (AvgIpc) is 2.06. The highest BCUT2D eigenvalue weighted by molar-refractivity contribution is 5.51. The number of nitrogens with two attached hydrogens (primary N) is 1. The van der Waals surface area contributed by atoms with Gasteiger partial charge in [-0.1, -0.05) is 0 Å². The summed E-state index contributed by atoms with van der Waals surface area (Å²) in [6, 6.07) is 7.83. The van der Waals surface area contributed by atoms with Crippen LogP contribution in [0.25, 0.3) is 0 Å². The molecular weight excluding hydrogens is 210 g/mol. The molecule has 0 aliphatic rings. The third kappa shape index (κ3) is 6.20. The molecule has 0 spiro atoms. The van der Waals surface area contributed by atoms with Crippen molar-refractivity contribution >= 4 is 11.4 Å². The monoisotopic (exact) mass is 229 g/mol. The molecule has 0 fully saturated rings. The Hall–Kier alpha value is -0.930. The van der Waals surface area contributed by atoms with Crippen molar-refractivity contribution in [1.82, 2.24) is 0 Å². The number of likely N-dealkylation sites (N-methyl/N-ethyl adjacent to an activating group) is 1. The van der Waals surface area contributed by atoms with E-state index in [2.05, 4.69) is 26.5 Å². The summed E-state index contributed by atoms with van der Waals surface area (Å²) in [6.07, 6.45) is 0. The van der Waals surface area contributed by atoms with E-state index in [0.29, 0.717) is 0 Å². The summed E-state index contributed by atoms with van der Waals surface area (Å²) in [5.41, 5.74) is 7.53. The molecule has 1 aromatic carbocycles. The molecule has 0 aliphatic heterocycles. The minimum Gasteiger partial charge on any atom is -1.00 e. The van der Waals surface area contributed by atoms with Crippen LogP contribution in [0.5, 0.6) is 0 Å². The van der Waals surface area contributed by atoms with Gasteiger partial charge in [-0.25, -0.2) is 0 Å². The molecule has 4 heteroatoms. The normalized spacial score (nSPS) is 10.6. The number of anilines is 2. The Morgan fingerprint density at radius 3 is 2.13 bits per heavy atom. The number of nitrogens with one attached hydrogen (secondary N) is 1. The SMILES string of the molecule is C[N+](C)(C)CCNc1ccc(N)cc1.[Cl-]. The van der Waals surface area contributed by atoms with Gasteiger partial charge in [0, 0.05) is 11.4 Å². The van der Waals surface area contributed by atoms with Crippen LogP contribution in [0.2, 0.25) is 0 Å². The van der Waals surface area contributed by atoms with Crippen LogP contribution in [0, 0.1) is 0 Å². The maximum atomic E-state index is 5.59. The van der Waals surface area contributed by atoms with E-state index in [9.17, 15) is 0 Å². The Morgan fingerprint density at radius 2 is 1.67 bits per heavy atom. The van der Waals surface area contributed by atoms with Crippen molar-refractivity contribution in [3.05, 3.63) is 24.3 Å². The maximum Gasteiger partial charge on any atom is 0.0955 e. The zero-order valence-electron chi connectivity index (χ0n) is 9.63. The topological polar surface area (TPSA) is 38.0 Å². The summed E-state index contributed by atoms with van der Waals surface area (Å²) in [5.74, 6) is 0. The van der Waals surface area contributed by atoms with Crippen LogP contribution in [0.15, 0.2) is 24.3 Å². The summed E-state index contributed by atoms with van der Waals surface area (Å²) in [7, 11) is 6.56. The van der Waals surface area contributed by atoms with Gasteiger partial charge >= 0.3 is 0 Å². The van der Waals surface area contributed by atoms with Gasteiger partial charge in [0.05, 0.1) is 34.2 Å². The number of nitrogen functional groups attached to an aromatic ring is 1. The molecule has 0 unspecified atom stereocenters. The van der Waals surface area contributed by atoms with Gasteiger partial charge in [-0.3, -0.25) is 0 Å². The predicted octanol–water partition coefficient (Wildman–Crippen LogP) is -1.61. The molecule has 0 heterocycles. The molecule has 0 bridgehead atoms. The molecule has 0 aliphatic carbocycles. The summed E-state index contributed by atoms with van der Waals surface area (Å²) in [6.45, 7) is 2.08. The van der Waals surface area contributed by atoms with Crippen molar-refractivity contribution in [2.45, 2.75) is 0 Å². The van der Waals surface area contributed by atoms with Gasteiger partial charge in [-0.2, -0.15) is 0 Å². The van der Waals surface area contributed by atoms with E-state index in [1.54, 1.807) is 0 Å². The number of benzene rings is 1. The van der Waals surface area contributed by atoms with E-state index in [1.165, 1.54) is 0 Å². The van der Waals surface area contributed by atoms with Crippen molar-refractivity contribution in [2.75, 3.05) is 45.3 Å². The van der Waals surface area contributed by atoms with Crippen molar-refractivity contribution in [3.8, 4) is 0 Å². The van der Waals surface area contributed by atoms with Gasteiger partial charge < -0.3 is 27.9 Å². The largest absolute Gasteiger partial charge is 1.00 e. The van der Waals surface area contributed by atoms with Crippen LogP contribution in [0.3, 0.4) is 0 Å². The Kier molecular flexibility index (Phi) is 5.47. The van der Waals surface area contributed by atoms with Crippen LogP contribution >= 0.6 is 0 Å². The predicted molar refractivity (Wildman–Crippen MR) is 62.2 cm³/mol. The van der Waals surface area contributed by atoms with Gasteiger partial charge in [-0.15, -0.1) is 0 Å². The molecule has 3 nitrogen and oxygen atoms in total. The van der Waals surface area contributed by atoms with E-state index in [-0.39, 0.29) is 12.4 Å². The second-order valence-electron chi connectivity index (χ2n) is 4.56. The van der Waals surface area contributed by atoms with Crippen LogP contribution in [0.4, 0.5) is 11.4 Å². The number of quaternary nitrogens is 1. The first-order valence-corrected chi connectivity index (χ1v) is 4.87. The minimum absolute atomic E-state index is 0. The third-order valence-electron chi connectivity index (χ3n) is 2.02. The van der Waals surface area contributed by atoms with Crippen LogP contribution in [-0.2, 0) is 0 Å². The molecule has 0 amide bonds. The van der Waals surface area contributed by atoms with Crippen LogP contribution < -0.4 is 23.5 Å². The molecule has 0 atom stereocenters. The summed E-state index contributed by atoms with van der Waals surface area (Å²) >= 11 is 0. The first-order valence-electron chi connectivity index (χ1n) is 4.87. The Morgan fingerprint density at radius 1 is 1.13 bits per heavy atom. The zero-order chi connectivity index (χ0) is 10.6. The Labute approximate surface area is 98.3 Å². The molecular formula is C11H20ClN3. The molecule has 0 saturated carbocycles. The molecule has 15 heavy (non-hydrogen) atoms. The fourth-order valence-electron chi connectivity index (χ4n) is 1.14. The first-order chi connectivity index (χ1) is 6.47. The molecule has 1 aromatic rings. The standard InChI is InChI=1S/C11H20N3.ClH/c1-14(2,3)9-8-13-11-6-4-10(12)5-7-11;/h4-7,13H,8-9,12H2,1-3H3;1H/q+1;/p-1. The summed E-state index contributed by atoms with van der Waals surface area (Å²) in [5, 5.41) is 3.36. The average molecular weight is 230 g/mol. The molecule has 1 rings (SSSR count). The highest BCUT2D eigenvalue weighted by Gasteiger charge is 2.04. The first kappa shape index (κ1) is 14.1. The second kappa shape index (κ2) is 5.83. The lowest BCUT2D eigenvalue weighted by Gasteiger charge is -2.24. The highest BCUT2D eigenvalue weighted by atomic mass is 35.5. The van der Waals surface area contributed by atoms with Gasteiger partial charge in [0.25, 0.3) is 0 Å². The number of hydrogen-bond acceptors (Lipinski definition) is 2. The van der Waals surface area contributed by atoms with E-state index in [0.717, 1.165) is 28.9 Å². The Balaban J connectivity index is 0.00000196. The van der Waals surface area contributed by atoms with E-state index in [1.807, 2.05) is 24.3 Å². The highest BCUT2D eigenvalue weighted by Crippen LogP contribution is 2.09. The van der Waals surface area contributed by atoms with Gasteiger partial charge in [0.2, 0.25) is 0 Å². The van der Waals surface area contributed by atoms with Gasteiger partial charge in [0.15, 0.2) is 0 Å². The van der Waals surface area contributed by atoms with Crippen molar-refractivity contribution in [1.29, 1.82) is 0 Å². The van der Waals surface area contributed by atoms with Crippen molar-refractivity contribution in [3.63, 3.8) is 0 Å². The fraction of sp³-hybridized carbons (Fsp3) is 0.455.